The Morgan fingerprint density at radius 3 is 2.86 bits per heavy atom. The number of halogens is 1. The Bertz CT molecular complexity index is 371. The van der Waals surface area contributed by atoms with Gasteiger partial charge in [0.15, 0.2) is 0 Å². The van der Waals surface area contributed by atoms with Crippen LogP contribution >= 0.6 is 11.6 Å². The summed E-state index contributed by atoms with van der Waals surface area (Å²) in [6.45, 7) is 4.20. The number of benzene rings is 1. The van der Waals surface area contributed by atoms with Gasteiger partial charge in [0, 0.05) is 11.1 Å². The van der Waals surface area contributed by atoms with Crippen molar-refractivity contribution in [3.05, 3.63) is 33.3 Å². The lowest BCUT2D eigenvalue weighted by atomic mass is 9.83. The molecule has 0 saturated carbocycles. The second kappa shape index (κ2) is 3.56. The molecule has 1 aromatic carbocycles. The smallest absolute Gasteiger partial charge is 0.0441 e. The Balaban J connectivity index is 2.67. The van der Waals surface area contributed by atoms with Crippen molar-refractivity contribution in [2.24, 2.45) is 5.73 Å². The Morgan fingerprint density at radius 1 is 1.43 bits per heavy atom. The predicted octanol–water partition coefficient (Wildman–Crippen LogP) is 3.29. The second-order valence-corrected chi connectivity index (χ2v) is 4.60. The molecule has 0 saturated heterocycles. The van der Waals surface area contributed by atoms with E-state index in [2.05, 4.69) is 19.9 Å². The number of rotatable bonds is 0. The van der Waals surface area contributed by atoms with Crippen molar-refractivity contribution in [3.63, 3.8) is 0 Å². The van der Waals surface area contributed by atoms with Gasteiger partial charge in [0.05, 0.1) is 0 Å². The van der Waals surface area contributed by atoms with Gasteiger partial charge in [-0.25, -0.2) is 0 Å². The first-order chi connectivity index (χ1) is 6.61. The maximum atomic E-state index is 6.16. The molecule has 0 spiro atoms. The van der Waals surface area contributed by atoms with Gasteiger partial charge >= 0.3 is 0 Å². The first-order valence-corrected chi connectivity index (χ1v) is 5.53. The number of hydrogen-bond donors (Lipinski definition) is 1. The van der Waals surface area contributed by atoms with Gasteiger partial charge in [0.1, 0.15) is 0 Å². The van der Waals surface area contributed by atoms with Crippen LogP contribution < -0.4 is 5.73 Å². The molecule has 1 nitrogen and oxygen atoms in total. The molecule has 2 rings (SSSR count). The number of fused-ring (bicyclic) bond motifs is 1. The van der Waals surface area contributed by atoms with Gasteiger partial charge in [0.25, 0.3) is 0 Å². The molecule has 0 bridgehead atoms. The summed E-state index contributed by atoms with van der Waals surface area (Å²) in [5.41, 5.74) is 11.3. The molecule has 0 radical (unpaired) electrons. The van der Waals surface area contributed by atoms with E-state index in [1.54, 1.807) is 0 Å². The summed E-state index contributed by atoms with van der Waals surface area (Å²) < 4.78 is 0. The lowest BCUT2D eigenvalue weighted by Gasteiger charge is -2.26. The zero-order chi connectivity index (χ0) is 10.3. The molecule has 14 heavy (non-hydrogen) atoms. The molecule has 0 aromatic heterocycles. The number of aryl methyl sites for hydroxylation is 1. The molecule has 1 aromatic rings. The molecule has 0 unspecified atom stereocenters. The molecule has 0 amide bonds. The molecule has 0 aliphatic heterocycles. The zero-order valence-corrected chi connectivity index (χ0v) is 9.49. The summed E-state index contributed by atoms with van der Waals surface area (Å²) in [4.78, 5) is 0. The van der Waals surface area contributed by atoms with Crippen LogP contribution in [0.4, 0.5) is 0 Å². The molecule has 0 fully saturated rings. The first-order valence-electron chi connectivity index (χ1n) is 5.15. The van der Waals surface area contributed by atoms with E-state index in [-0.39, 0.29) is 6.04 Å². The van der Waals surface area contributed by atoms with Gasteiger partial charge in [-0.05, 0) is 61.4 Å². The highest BCUT2D eigenvalue weighted by Crippen LogP contribution is 2.35. The number of nitrogens with two attached hydrogens (primary N) is 1. The molecule has 1 aliphatic carbocycles. The maximum absolute atomic E-state index is 6.16. The first kappa shape index (κ1) is 10.0. The monoisotopic (exact) mass is 209 g/mol. The quantitative estimate of drug-likeness (QED) is 0.697. The maximum Gasteiger partial charge on any atom is 0.0441 e. The Morgan fingerprint density at radius 2 is 2.14 bits per heavy atom. The van der Waals surface area contributed by atoms with Crippen LogP contribution in [0.25, 0.3) is 0 Å². The fourth-order valence-corrected chi connectivity index (χ4v) is 2.70. The van der Waals surface area contributed by atoms with Crippen molar-refractivity contribution in [1.82, 2.24) is 0 Å². The van der Waals surface area contributed by atoms with Gasteiger partial charge in [-0.1, -0.05) is 11.6 Å². The summed E-state index contributed by atoms with van der Waals surface area (Å²) in [5, 5.41) is 0.860. The third-order valence-electron chi connectivity index (χ3n) is 3.22. The summed E-state index contributed by atoms with van der Waals surface area (Å²) in [6, 6.07) is 2.25. The molecular formula is C12H16ClN. The molecule has 1 aliphatic rings. The third-order valence-corrected chi connectivity index (χ3v) is 3.61. The van der Waals surface area contributed by atoms with Crippen molar-refractivity contribution in [2.45, 2.75) is 39.2 Å². The van der Waals surface area contributed by atoms with Crippen LogP contribution in [0.5, 0.6) is 0 Å². The Hall–Kier alpha value is -0.530. The summed E-state index contributed by atoms with van der Waals surface area (Å²) in [7, 11) is 0. The van der Waals surface area contributed by atoms with Gasteiger partial charge in [0.2, 0.25) is 0 Å². The summed E-state index contributed by atoms with van der Waals surface area (Å²) in [6.07, 6.45) is 3.45. The minimum atomic E-state index is 0.191. The van der Waals surface area contributed by atoms with Crippen LogP contribution in [0.2, 0.25) is 5.02 Å². The molecule has 2 N–H and O–H groups in total. The summed E-state index contributed by atoms with van der Waals surface area (Å²) in [5.74, 6) is 0. The van der Waals surface area contributed by atoms with E-state index in [4.69, 9.17) is 17.3 Å². The standard InChI is InChI=1S/C12H16ClN/c1-7-6-10(13)8(2)12-9(7)4-3-5-11(12)14/h6,11H,3-5,14H2,1-2H3/t11-/m0/s1. The molecule has 76 valence electrons. The largest absolute Gasteiger partial charge is 0.324 e. The minimum Gasteiger partial charge on any atom is -0.324 e. The van der Waals surface area contributed by atoms with Gasteiger partial charge in [-0.15, -0.1) is 0 Å². The van der Waals surface area contributed by atoms with Gasteiger partial charge < -0.3 is 5.73 Å². The van der Waals surface area contributed by atoms with Gasteiger partial charge in [-0.3, -0.25) is 0 Å². The van der Waals surface area contributed by atoms with Crippen molar-refractivity contribution >= 4 is 11.6 Å². The molecule has 1 atom stereocenters. The highest BCUT2D eigenvalue weighted by molar-refractivity contribution is 6.31. The van der Waals surface area contributed by atoms with Crippen LogP contribution in [0, 0.1) is 13.8 Å². The van der Waals surface area contributed by atoms with Crippen LogP contribution in [0.1, 0.15) is 41.1 Å². The van der Waals surface area contributed by atoms with E-state index in [1.807, 2.05) is 0 Å². The van der Waals surface area contributed by atoms with E-state index in [0.717, 1.165) is 17.9 Å². The van der Waals surface area contributed by atoms with Crippen molar-refractivity contribution in [3.8, 4) is 0 Å². The lowest BCUT2D eigenvalue weighted by molar-refractivity contribution is 0.565. The lowest BCUT2D eigenvalue weighted by Crippen LogP contribution is -2.19. The minimum absolute atomic E-state index is 0.191. The average Bonchev–Trinajstić information content (AvgIpc) is 2.14. The van der Waals surface area contributed by atoms with Crippen LogP contribution in [0.15, 0.2) is 6.07 Å². The van der Waals surface area contributed by atoms with Crippen molar-refractivity contribution in [2.75, 3.05) is 0 Å². The van der Waals surface area contributed by atoms with Crippen LogP contribution in [-0.4, -0.2) is 0 Å². The van der Waals surface area contributed by atoms with Crippen LogP contribution in [-0.2, 0) is 6.42 Å². The fraction of sp³-hybridized carbons (Fsp3) is 0.500. The highest BCUT2D eigenvalue weighted by Gasteiger charge is 2.21. The highest BCUT2D eigenvalue weighted by atomic mass is 35.5. The van der Waals surface area contributed by atoms with E-state index < -0.39 is 0 Å². The predicted molar refractivity (Wildman–Crippen MR) is 60.8 cm³/mol. The topological polar surface area (TPSA) is 26.0 Å². The van der Waals surface area contributed by atoms with E-state index in [9.17, 15) is 0 Å². The normalized spacial score (nSPS) is 20.7. The van der Waals surface area contributed by atoms with Gasteiger partial charge in [-0.2, -0.15) is 0 Å². The van der Waals surface area contributed by atoms with Crippen LogP contribution in [0.3, 0.4) is 0 Å². The molecule has 2 heteroatoms. The Kier molecular flexibility index (Phi) is 2.54. The van der Waals surface area contributed by atoms with Crippen molar-refractivity contribution < 1.29 is 0 Å². The SMILES string of the molecule is Cc1cc(Cl)c(C)c2c1CCC[C@@H]2N. The Labute approximate surface area is 90.3 Å². The van der Waals surface area contributed by atoms with E-state index in [0.29, 0.717) is 0 Å². The number of hydrogen-bond acceptors (Lipinski definition) is 1. The average molecular weight is 210 g/mol. The molecular weight excluding hydrogens is 194 g/mol. The fourth-order valence-electron chi connectivity index (χ4n) is 2.43. The van der Waals surface area contributed by atoms with E-state index in [1.165, 1.54) is 28.7 Å². The summed E-state index contributed by atoms with van der Waals surface area (Å²) >= 11 is 6.16. The third kappa shape index (κ3) is 1.45. The zero-order valence-electron chi connectivity index (χ0n) is 8.73. The second-order valence-electron chi connectivity index (χ2n) is 4.19. The molecule has 0 heterocycles. The van der Waals surface area contributed by atoms with Crippen molar-refractivity contribution in [1.29, 1.82) is 0 Å². The van der Waals surface area contributed by atoms with E-state index >= 15 is 0 Å².